The number of benzene rings is 7. The summed E-state index contributed by atoms with van der Waals surface area (Å²) in [4.78, 5) is 0. The molecule has 0 saturated heterocycles. The Balaban J connectivity index is 1.42. The van der Waals surface area contributed by atoms with Crippen molar-refractivity contribution in [2.45, 2.75) is 0 Å². The molecule has 0 unspecified atom stereocenters. The van der Waals surface area contributed by atoms with Gasteiger partial charge in [0.2, 0.25) is 0 Å². The quantitative estimate of drug-likeness (QED) is 0.182. The molecular weight excluding hydrogens is 547 g/mol. The van der Waals surface area contributed by atoms with E-state index in [0.717, 1.165) is 66.8 Å². The average molecular weight is 579 g/mol. The first-order valence-corrected chi connectivity index (χ1v) is 15.1. The summed E-state index contributed by atoms with van der Waals surface area (Å²) in [5, 5.41) is 9.79. The van der Waals surface area contributed by atoms with Crippen LogP contribution >= 0.6 is 0 Å². The minimum absolute atomic E-state index is 0.401. The zero-order valence-electron chi connectivity index (χ0n) is 24.8. The first-order chi connectivity index (χ1) is 22.2. The van der Waals surface area contributed by atoms with Crippen LogP contribution in [0.3, 0.4) is 0 Å². The number of hydrogen-bond acceptors (Lipinski definition) is 2. The van der Waals surface area contributed by atoms with Crippen LogP contribution in [0.2, 0.25) is 0 Å². The summed E-state index contributed by atoms with van der Waals surface area (Å²) in [5.41, 5.74) is 13.3. The Morgan fingerprint density at radius 1 is 0.289 bits per heavy atom. The van der Waals surface area contributed by atoms with Crippen molar-refractivity contribution in [1.29, 1.82) is 0 Å². The van der Waals surface area contributed by atoms with Crippen molar-refractivity contribution in [1.82, 2.24) is 0 Å². The van der Waals surface area contributed by atoms with Crippen molar-refractivity contribution >= 4 is 7.69 Å². The Hall–Kier alpha value is -5.64. The van der Waals surface area contributed by atoms with E-state index in [2.05, 4.69) is 140 Å². The molecule has 45 heavy (non-hydrogen) atoms. The van der Waals surface area contributed by atoms with Crippen LogP contribution in [-0.2, 0) is 0 Å². The van der Waals surface area contributed by atoms with E-state index in [1.807, 2.05) is 36.4 Å². The van der Waals surface area contributed by atoms with Crippen molar-refractivity contribution in [2.24, 2.45) is 0 Å². The van der Waals surface area contributed by atoms with Crippen LogP contribution in [0.1, 0.15) is 0 Å². The molecule has 214 valence electrons. The van der Waals surface area contributed by atoms with Crippen molar-refractivity contribution in [3.05, 3.63) is 176 Å². The lowest BCUT2D eigenvalue weighted by atomic mass is 9.90. The monoisotopic (exact) mass is 578 g/mol. The molecule has 7 rings (SSSR count). The second-order valence-electron chi connectivity index (χ2n) is 11.1. The van der Waals surface area contributed by atoms with Gasteiger partial charge >= 0.3 is 7.69 Å². The van der Waals surface area contributed by atoms with E-state index in [-0.39, 0.29) is 0 Å². The van der Waals surface area contributed by atoms with E-state index in [9.17, 15) is 5.02 Å². The summed E-state index contributed by atoms with van der Waals surface area (Å²) in [6.45, 7) is 0. The first kappa shape index (κ1) is 28.2. The Kier molecular flexibility index (Phi) is 8.09. The second kappa shape index (κ2) is 12.9. The van der Waals surface area contributed by atoms with Crippen LogP contribution in [-0.4, -0.2) is 12.7 Å². The molecule has 0 amide bonds. The minimum Gasteiger partial charge on any atom is -0.539 e. The van der Waals surface area contributed by atoms with Gasteiger partial charge in [0.25, 0.3) is 0 Å². The highest BCUT2D eigenvalue weighted by Gasteiger charge is 2.13. The summed E-state index contributed by atoms with van der Waals surface area (Å²) in [7, 11) is -0.401. The Morgan fingerprint density at radius 2 is 0.511 bits per heavy atom. The van der Waals surface area contributed by atoms with Gasteiger partial charge in [0.05, 0.1) is 0 Å². The molecular formula is C42H31BO2. The third-order valence-corrected chi connectivity index (χ3v) is 8.10. The standard InChI is InChI=1S/C42H31BO2/c44-43-45-42-28-40(38-23-34(30-13-5-1-6-14-30)21-35(24-38)31-15-7-2-8-16-31)27-41(29-42)39-25-36(32-17-9-3-10-18-32)22-37(26-39)33-19-11-4-12-20-33/h1-29,43-44H. The molecule has 0 aliphatic carbocycles. The molecule has 0 spiro atoms. The molecule has 1 N–H and O–H groups in total. The maximum absolute atomic E-state index is 9.79. The van der Waals surface area contributed by atoms with E-state index >= 15 is 0 Å². The molecule has 0 aliphatic rings. The minimum atomic E-state index is -0.401. The lowest BCUT2D eigenvalue weighted by molar-refractivity contribution is 0.454. The van der Waals surface area contributed by atoms with Gasteiger partial charge in [-0.2, -0.15) is 0 Å². The van der Waals surface area contributed by atoms with Crippen LogP contribution in [0.15, 0.2) is 176 Å². The Bertz CT molecular complexity index is 1780. The van der Waals surface area contributed by atoms with Gasteiger partial charge in [-0.3, -0.25) is 0 Å². The third-order valence-electron chi connectivity index (χ3n) is 8.10. The summed E-state index contributed by atoms with van der Waals surface area (Å²) in [6.07, 6.45) is 0. The molecule has 0 atom stereocenters. The largest absolute Gasteiger partial charge is 0.539 e. The zero-order chi connectivity index (χ0) is 30.4. The van der Waals surface area contributed by atoms with Crippen LogP contribution in [0.4, 0.5) is 0 Å². The molecule has 7 aromatic carbocycles. The van der Waals surface area contributed by atoms with Gasteiger partial charge in [0.1, 0.15) is 5.75 Å². The van der Waals surface area contributed by atoms with Crippen LogP contribution in [0.25, 0.3) is 66.8 Å². The summed E-state index contributed by atoms with van der Waals surface area (Å²) < 4.78 is 5.75. The molecule has 0 radical (unpaired) electrons. The van der Waals surface area contributed by atoms with Gasteiger partial charge in [-0.1, -0.05) is 121 Å². The lowest BCUT2D eigenvalue weighted by Crippen LogP contribution is -2.00. The van der Waals surface area contributed by atoms with Crippen molar-refractivity contribution in [3.8, 4) is 72.5 Å². The molecule has 3 heteroatoms. The van der Waals surface area contributed by atoms with Gasteiger partial charge in [0.15, 0.2) is 0 Å². The molecule has 0 heterocycles. The molecule has 0 saturated carbocycles. The molecule has 2 nitrogen and oxygen atoms in total. The SMILES string of the molecule is OBOc1cc(-c2cc(-c3ccccc3)cc(-c3ccccc3)c2)cc(-c2cc(-c3ccccc3)cc(-c3ccccc3)c2)c1. The van der Waals surface area contributed by atoms with E-state index in [1.54, 1.807) is 0 Å². The Labute approximate surface area is 265 Å². The first-order valence-electron chi connectivity index (χ1n) is 15.1. The fourth-order valence-electron chi connectivity index (χ4n) is 5.87. The highest BCUT2D eigenvalue weighted by Crippen LogP contribution is 2.39. The smallest absolute Gasteiger partial charge is 0.504 e. The highest BCUT2D eigenvalue weighted by molar-refractivity contribution is 6.17. The van der Waals surface area contributed by atoms with Gasteiger partial charge < -0.3 is 9.68 Å². The van der Waals surface area contributed by atoms with E-state index in [4.69, 9.17) is 4.65 Å². The van der Waals surface area contributed by atoms with Crippen molar-refractivity contribution in [3.63, 3.8) is 0 Å². The van der Waals surface area contributed by atoms with Crippen molar-refractivity contribution in [2.75, 3.05) is 0 Å². The molecule has 0 aliphatic heterocycles. The topological polar surface area (TPSA) is 29.5 Å². The number of rotatable bonds is 8. The fourth-order valence-corrected chi connectivity index (χ4v) is 5.87. The summed E-state index contributed by atoms with van der Waals surface area (Å²) in [5.74, 6) is 0.614. The van der Waals surface area contributed by atoms with E-state index < -0.39 is 7.69 Å². The summed E-state index contributed by atoms with van der Waals surface area (Å²) in [6, 6.07) is 61.6. The van der Waals surface area contributed by atoms with Crippen LogP contribution in [0, 0.1) is 0 Å². The zero-order valence-corrected chi connectivity index (χ0v) is 24.8. The normalized spacial score (nSPS) is 10.8. The Morgan fingerprint density at radius 3 is 0.756 bits per heavy atom. The third kappa shape index (κ3) is 6.35. The molecule has 0 bridgehead atoms. The fraction of sp³-hybridized carbons (Fsp3) is 0. The maximum Gasteiger partial charge on any atom is 0.504 e. The van der Waals surface area contributed by atoms with Gasteiger partial charge in [-0.25, -0.2) is 0 Å². The van der Waals surface area contributed by atoms with E-state index in [0.29, 0.717) is 5.75 Å². The molecule has 7 aromatic rings. The van der Waals surface area contributed by atoms with Crippen LogP contribution < -0.4 is 4.65 Å². The van der Waals surface area contributed by atoms with Gasteiger partial charge in [-0.05, 0) is 121 Å². The highest BCUT2D eigenvalue weighted by atomic mass is 16.5. The van der Waals surface area contributed by atoms with Gasteiger partial charge in [0, 0.05) is 0 Å². The van der Waals surface area contributed by atoms with E-state index in [1.165, 1.54) is 0 Å². The average Bonchev–Trinajstić information content (AvgIpc) is 3.13. The van der Waals surface area contributed by atoms with Crippen molar-refractivity contribution < 1.29 is 9.68 Å². The second-order valence-corrected chi connectivity index (χ2v) is 11.1. The van der Waals surface area contributed by atoms with Gasteiger partial charge in [-0.15, -0.1) is 0 Å². The molecule has 0 fully saturated rings. The predicted octanol–water partition coefficient (Wildman–Crippen LogP) is 10.3. The lowest BCUT2D eigenvalue weighted by Gasteiger charge is -2.16. The van der Waals surface area contributed by atoms with Crippen LogP contribution in [0.5, 0.6) is 5.75 Å². The molecule has 0 aromatic heterocycles. The predicted molar refractivity (Wildman–Crippen MR) is 189 cm³/mol. The summed E-state index contributed by atoms with van der Waals surface area (Å²) >= 11 is 0. The maximum atomic E-state index is 9.79. The number of hydrogen-bond donors (Lipinski definition) is 1.